The quantitative estimate of drug-likeness (QED) is 0.384. The van der Waals surface area contributed by atoms with E-state index in [9.17, 15) is 19.5 Å². The molecule has 0 saturated carbocycles. The Balaban J connectivity index is 4.70. The molecule has 0 bridgehead atoms. The second-order valence-electron chi connectivity index (χ2n) is 4.30. The minimum atomic E-state index is -1.34. The van der Waals surface area contributed by atoms with Gasteiger partial charge in [0.05, 0.1) is 0 Å². The molecule has 0 spiro atoms. The first-order valence-corrected chi connectivity index (χ1v) is 7.04. The average Bonchev–Trinajstić information content (AvgIpc) is 2.50. The van der Waals surface area contributed by atoms with Gasteiger partial charge in [-0.2, -0.15) is 0 Å². The number of esters is 3. The molecule has 0 aromatic carbocycles. The highest BCUT2D eigenvalue weighted by molar-refractivity contribution is 5.83. The van der Waals surface area contributed by atoms with E-state index in [2.05, 4.69) is 0 Å². The Labute approximate surface area is 135 Å². The van der Waals surface area contributed by atoms with Gasteiger partial charge in [0.15, 0.2) is 6.10 Å². The van der Waals surface area contributed by atoms with E-state index in [0.717, 1.165) is 6.08 Å². The van der Waals surface area contributed by atoms with Crippen LogP contribution in [0.15, 0.2) is 36.5 Å². The van der Waals surface area contributed by atoms with Gasteiger partial charge in [-0.3, -0.25) is 0 Å². The van der Waals surface area contributed by atoms with Crippen molar-refractivity contribution in [2.24, 2.45) is 0 Å². The third-order valence-electron chi connectivity index (χ3n) is 2.39. The van der Waals surface area contributed by atoms with Crippen molar-refractivity contribution in [2.75, 3.05) is 13.2 Å². The fourth-order valence-corrected chi connectivity index (χ4v) is 1.36. The topological polar surface area (TPSA) is 99.1 Å². The van der Waals surface area contributed by atoms with Crippen molar-refractivity contribution in [3.05, 3.63) is 36.5 Å². The van der Waals surface area contributed by atoms with Crippen LogP contribution < -0.4 is 0 Å². The Kier molecular flexibility index (Phi) is 10.9. The van der Waals surface area contributed by atoms with Crippen molar-refractivity contribution in [2.45, 2.75) is 33.0 Å². The van der Waals surface area contributed by atoms with E-state index in [0.29, 0.717) is 0 Å². The SMILES string of the molecule is C/C=C\C(=O)OCC(O)C(COC(=O)/C=C\C)OC(=O)/C=C\C. The zero-order chi connectivity index (χ0) is 17.7. The molecule has 0 aliphatic rings. The molecule has 0 fully saturated rings. The van der Waals surface area contributed by atoms with Crippen molar-refractivity contribution < 1.29 is 33.7 Å². The summed E-state index contributed by atoms with van der Waals surface area (Å²) in [7, 11) is 0. The fraction of sp³-hybridized carbons (Fsp3) is 0.438. The predicted octanol–water partition coefficient (Wildman–Crippen LogP) is 1.07. The Bertz CT molecular complexity index is 477. The molecule has 0 heterocycles. The molecule has 2 atom stereocenters. The van der Waals surface area contributed by atoms with E-state index in [1.54, 1.807) is 20.8 Å². The lowest BCUT2D eigenvalue weighted by Crippen LogP contribution is -2.39. The fourth-order valence-electron chi connectivity index (χ4n) is 1.36. The number of allylic oxidation sites excluding steroid dienone is 3. The zero-order valence-corrected chi connectivity index (χ0v) is 13.4. The Morgan fingerprint density at radius 3 is 1.74 bits per heavy atom. The number of hydrogen-bond donors (Lipinski definition) is 1. The molecule has 7 nitrogen and oxygen atoms in total. The smallest absolute Gasteiger partial charge is 0.330 e. The average molecular weight is 326 g/mol. The summed E-state index contributed by atoms with van der Waals surface area (Å²) in [5.74, 6) is -1.99. The summed E-state index contributed by atoms with van der Waals surface area (Å²) in [6.07, 6.45) is 5.45. The monoisotopic (exact) mass is 326 g/mol. The molecule has 23 heavy (non-hydrogen) atoms. The molecule has 128 valence electrons. The van der Waals surface area contributed by atoms with Gasteiger partial charge in [-0.15, -0.1) is 0 Å². The van der Waals surface area contributed by atoms with Crippen LogP contribution in [0.4, 0.5) is 0 Å². The lowest BCUT2D eigenvalue weighted by Gasteiger charge is -2.21. The van der Waals surface area contributed by atoms with E-state index in [-0.39, 0.29) is 6.61 Å². The van der Waals surface area contributed by atoms with Crippen molar-refractivity contribution in [1.29, 1.82) is 0 Å². The molecule has 0 aromatic rings. The molecule has 0 radical (unpaired) electrons. The lowest BCUT2D eigenvalue weighted by atomic mass is 10.2. The first-order chi connectivity index (χ1) is 10.9. The van der Waals surface area contributed by atoms with Crippen molar-refractivity contribution in [1.82, 2.24) is 0 Å². The van der Waals surface area contributed by atoms with E-state index in [1.807, 2.05) is 0 Å². The van der Waals surface area contributed by atoms with Crippen LogP contribution in [0.3, 0.4) is 0 Å². The van der Waals surface area contributed by atoms with Crippen LogP contribution >= 0.6 is 0 Å². The molecule has 0 aliphatic carbocycles. The van der Waals surface area contributed by atoms with Gasteiger partial charge >= 0.3 is 17.9 Å². The normalized spacial score (nSPS) is 14.1. The third-order valence-corrected chi connectivity index (χ3v) is 2.39. The van der Waals surface area contributed by atoms with Crippen LogP contribution in [0.2, 0.25) is 0 Å². The zero-order valence-electron chi connectivity index (χ0n) is 13.4. The highest BCUT2D eigenvalue weighted by Crippen LogP contribution is 2.05. The minimum Gasteiger partial charge on any atom is -0.460 e. The second-order valence-corrected chi connectivity index (χ2v) is 4.30. The van der Waals surface area contributed by atoms with E-state index in [1.165, 1.54) is 30.4 Å². The first-order valence-electron chi connectivity index (χ1n) is 7.04. The van der Waals surface area contributed by atoms with Crippen molar-refractivity contribution in [3.8, 4) is 0 Å². The largest absolute Gasteiger partial charge is 0.460 e. The standard InChI is InChI=1S/C16H22O7/c1-4-7-14(18)21-10-12(17)13(23-16(20)9-6-3)11-22-15(19)8-5-2/h4-9,12-13,17H,10-11H2,1-3H3/b7-4-,8-5-,9-6-. The van der Waals surface area contributed by atoms with E-state index in [4.69, 9.17) is 14.2 Å². The maximum atomic E-state index is 11.5. The Morgan fingerprint density at radius 1 is 0.826 bits per heavy atom. The minimum absolute atomic E-state index is 0.366. The maximum Gasteiger partial charge on any atom is 0.330 e. The van der Waals surface area contributed by atoms with Crippen LogP contribution in [0.1, 0.15) is 20.8 Å². The van der Waals surface area contributed by atoms with Gasteiger partial charge in [0.1, 0.15) is 19.3 Å². The molecule has 2 unspecified atom stereocenters. The Hall–Kier alpha value is -2.41. The number of ether oxygens (including phenoxy) is 3. The summed E-state index contributed by atoms with van der Waals surface area (Å²) >= 11 is 0. The summed E-state index contributed by atoms with van der Waals surface area (Å²) in [6.45, 7) is 4.13. The molecule has 0 saturated heterocycles. The summed E-state index contributed by atoms with van der Waals surface area (Å²) in [4.78, 5) is 34.0. The lowest BCUT2D eigenvalue weighted by molar-refractivity contribution is -0.164. The molecule has 0 aliphatic heterocycles. The van der Waals surface area contributed by atoms with E-state index < -0.39 is 36.7 Å². The van der Waals surface area contributed by atoms with Crippen LogP contribution in [0.25, 0.3) is 0 Å². The van der Waals surface area contributed by atoms with Gasteiger partial charge in [0.25, 0.3) is 0 Å². The number of hydrogen-bond acceptors (Lipinski definition) is 7. The van der Waals surface area contributed by atoms with Gasteiger partial charge in [-0.1, -0.05) is 18.2 Å². The van der Waals surface area contributed by atoms with Crippen LogP contribution in [0.5, 0.6) is 0 Å². The molecular weight excluding hydrogens is 304 g/mol. The van der Waals surface area contributed by atoms with Gasteiger partial charge in [0, 0.05) is 18.2 Å². The Morgan fingerprint density at radius 2 is 1.26 bits per heavy atom. The van der Waals surface area contributed by atoms with Crippen molar-refractivity contribution in [3.63, 3.8) is 0 Å². The molecule has 0 aromatic heterocycles. The number of aliphatic hydroxyl groups excluding tert-OH is 1. The summed E-state index contributed by atoms with van der Waals surface area (Å²) in [5, 5.41) is 9.97. The van der Waals surface area contributed by atoms with Crippen LogP contribution in [-0.4, -0.2) is 48.4 Å². The molecule has 7 heteroatoms. The molecule has 0 rings (SSSR count). The van der Waals surface area contributed by atoms with Gasteiger partial charge in [-0.05, 0) is 20.8 Å². The van der Waals surface area contributed by atoms with Gasteiger partial charge < -0.3 is 19.3 Å². The second kappa shape index (κ2) is 12.2. The summed E-state index contributed by atoms with van der Waals surface area (Å²) < 4.78 is 14.6. The predicted molar refractivity (Wildman–Crippen MR) is 82.2 cm³/mol. The van der Waals surface area contributed by atoms with E-state index >= 15 is 0 Å². The molecular formula is C16H22O7. The van der Waals surface area contributed by atoms with Crippen molar-refractivity contribution >= 4 is 17.9 Å². The maximum absolute atomic E-state index is 11.5. The highest BCUT2D eigenvalue weighted by Gasteiger charge is 2.25. The number of carbonyl (C=O) groups is 3. The molecule has 0 amide bonds. The summed E-state index contributed by atoms with van der Waals surface area (Å²) in [5.41, 5.74) is 0. The van der Waals surface area contributed by atoms with Gasteiger partial charge in [0.2, 0.25) is 0 Å². The number of rotatable bonds is 9. The first kappa shape index (κ1) is 20.6. The number of aliphatic hydroxyl groups is 1. The van der Waals surface area contributed by atoms with Gasteiger partial charge in [-0.25, -0.2) is 14.4 Å². The van der Waals surface area contributed by atoms with Crippen LogP contribution in [0, 0.1) is 0 Å². The molecule has 1 N–H and O–H groups in total. The third kappa shape index (κ3) is 10.0. The highest BCUT2D eigenvalue weighted by atomic mass is 16.6. The number of carbonyl (C=O) groups excluding carboxylic acids is 3. The summed E-state index contributed by atoms with van der Waals surface area (Å²) in [6, 6.07) is 0. The van der Waals surface area contributed by atoms with Crippen LogP contribution in [-0.2, 0) is 28.6 Å².